The lowest BCUT2D eigenvalue weighted by Gasteiger charge is -2.22. The first kappa shape index (κ1) is 33.3. The van der Waals surface area contributed by atoms with Crippen LogP contribution in [0.5, 0.6) is 0 Å². The lowest BCUT2D eigenvalue weighted by Crippen LogP contribution is -2.14. The van der Waals surface area contributed by atoms with Crippen LogP contribution in [-0.2, 0) is 5.41 Å². The van der Waals surface area contributed by atoms with E-state index in [0.29, 0.717) is 0 Å². The van der Waals surface area contributed by atoms with Gasteiger partial charge in [-0.05, 0) is 128 Å². The Balaban J connectivity index is 1.08. The predicted molar refractivity (Wildman–Crippen MR) is 244 cm³/mol. The first-order valence-electron chi connectivity index (χ1n) is 20.0. The van der Waals surface area contributed by atoms with Crippen molar-refractivity contribution < 1.29 is 0 Å². The van der Waals surface area contributed by atoms with Gasteiger partial charge in [0, 0.05) is 5.41 Å². The zero-order valence-corrected chi connectivity index (χ0v) is 32.1. The summed E-state index contributed by atoms with van der Waals surface area (Å²) in [5.74, 6) is 0. The monoisotopic (exact) mass is 724 g/mol. The summed E-state index contributed by atoms with van der Waals surface area (Å²) in [7, 11) is 0. The summed E-state index contributed by atoms with van der Waals surface area (Å²) in [5.41, 5.74) is 17.9. The summed E-state index contributed by atoms with van der Waals surface area (Å²) in [4.78, 5) is 0. The fourth-order valence-corrected chi connectivity index (χ4v) is 9.76. The summed E-state index contributed by atoms with van der Waals surface area (Å²) in [6.07, 6.45) is 0. The molecule has 1 aliphatic rings. The lowest BCUT2D eigenvalue weighted by atomic mass is 9.81. The Kier molecular flexibility index (Phi) is 7.63. The molecule has 57 heavy (non-hydrogen) atoms. The van der Waals surface area contributed by atoms with Crippen LogP contribution in [0.25, 0.3) is 99.1 Å². The highest BCUT2D eigenvalue weighted by molar-refractivity contribution is 6.21. The second-order valence-corrected chi connectivity index (χ2v) is 16.0. The summed E-state index contributed by atoms with van der Waals surface area (Å²) in [6.45, 7) is 4.72. The average Bonchev–Trinajstić information content (AvgIpc) is 3.50. The Bertz CT molecular complexity index is 3140. The van der Waals surface area contributed by atoms with Crippen LogP contribution >= 0.6 is 0 Å². The van der Waals surface area contributed by atoms with Gasteiger partial charge in [-0.15, -0.1) is 0 Å². The van der Waals surface area contributed by atoms with E-state index in [-0.39, 0.29) is 5.41 Å². The van der Waals surface area contributed by atoms with E-state index in [1.54, 1.807) is 0 Å². The maximum atomic E-state index is 2.43. The molecular formula is C57H40. The van der Waals surface area contributed by atoms with E-state index in [9.17, 15) is 0 Å². The van der Waals surface area contributed by atoms with Crippen LogP contribution < -0.4 is 0 Å². The normalized spacial score (nSPS) is 12.9. The third-order valence-corrected chi connectivity index (χ3v) is 12.5. The molecule has 0 saturated carbocycles. The highest BCUT2D eigenvalue weighted by Gasteiger charge is 2.35. The highest BCUT2D eigenvalue weighted by atomic mass is 14.4. The van der Waals surface area contributed by atoms with Crippen LogP contribution in [0.1, 0.15) is 25.0 Å². The number of hydrogen-bond acceptors (Lipinski definition) is 0. The van der Waals surface area contributed by atoms with Crippen LogP contribution in [0.15, 0.2) is 206 Å². The molecule has 0 heterocycles. The van der Waals surface area contributed by atoms with Gasteiger partial charge in [-0.2, -0.15) is 0 Å². The van der Waals surface area contributed by atoms with Gasteiger partial charge in [-0.1, -0.05) is 202 Å². The molecule has 0 aliphatic heterocycles. The molecule has 0 bridgehead atoms. The molecule has 0 radical (unpaired) electrons. The number of fused-ring (bicyclic) bond motifs is 6. The minimum absolute atomic E-state index is 0.0451. The second-order valence-electron chi connectivity index (χ2n) is 16.0. The molecule has 10 aromatic carbocycles. The first-order chi connectivity index (χ1) is 28.0. The largest absolute Gasteiger partial charge is 0.0622 e. The van der Waals surface area contributed by atoms with Crippen molar-refractivity contribution in [3.05, 3.63) is 217 Å². The van der Waals surface area contributed by atoms with Crippen LogP contribution in [0, 0.1) is 0 Å². The fourth-order valence-electron chi connectivity index (χ4n) is 9.76. The molecule has 0 atom stereocenters. The van der Waals surface area contributed by atoms with Crippen LogP contribution in [0.2, 0.25) is 0 Å². The highest BCUT2D eigenvalue weighted by Crippen LogP contribution is 2.50. The Morgan fingerprint density at radius 2 is 0.737 bits per heavy atom. The molecule has 0 amide bonds. The zero-order chi connectivity index (χ0) is 38.1. The molecule has 0 heteroatoms. The molecule has 0 saturated heterocycles. The Morgan fingerprint density at radius 3 is 1.42 bits per heavy atom. The minimum Gasteiger partial charge on any atom is -0.0622 e. The van der Waals surface area contributed by atoms with Gasteiger partial charge in [-0.3, -0.25) is 0 Å². The third kappa shape index (κ3) is 5.29. The van der Waals surface area contributed by atoms with Gasteiger partial charge in [0.05, 0.1) is 0 Å². The van der Waals surface area contributed by atoms with Gasteiger partial charge < -0.3 is 0 Å². The molecule has 0 fully saturated rings. The van der Waals surface area contributed by atoms with Gasteiger partial charge in [-0.25, -0.2) is 0 Å². The molecule has 10 aromatic rings. The van der Waals surface area contributed by atoms with E-state index in [1.807, 2.05) is 0 Å². The maximum absolute atomic E-state index is 2.43. The first-order valence-corrected chi connectivity index (χ1v) is 20.0. The Hall–Kier alpha value is -7.02. The molecule has 0 aromatic heterocycles. The summed E-state index contributed by atoms with van der Waals surface area (Å²) < 4.78 is 0. The van der Waals surface area contributed by atoms with Gasteiger partial charge in [0.25, 0.3) is 0 Å². The number of rotatable bonds is 5. The van der Waals surface area contributed by atoms with Crippen LogP contribution in [-0.4, -0.2) is 0 Å². The van der Waals surface area contributed by atoms with Crippen molar-refractivity contribution in [1.82, 2.24) is 0 Å². The molecule has 0 nitrogen and oxygen atoms in total. The van der Waals surface area contributed by atoms with E-state index in [2.05, 4.69) is 220 Å². The van der Waals surface area contributed by atoms with Gasteiger partial charge >= 0.3 is 0 Å². The lowest BCUT2D eigenvalue weighted by molar-refractivity contribution is 0.660. The van der Waals surface area contributed by atoms with E-state index in [0.717, 1.165) is 0 Å². The van der Waals surface area contributed by atoms with Crippen molar-refractivity contribution in [2.45, 2.75) is 19.3 Å². The zero-order valence-electron chi connectivity index (χ0n) is 32.1. The molecule has 11 rings (SSSR count). The average molecular weight is 725 g/mol. The van der Waals surface area contributed by atoms with Crippen molar-refractivity contribution in [3.8, 4) is 66.8 Å². The van der Waals surface area contributed by atoms with Gasteiger partial charge in [0.2, 0.25) is 0 Å². The maximum Gasteiger partial charge on any atom is 0.0159 e. The van der Waals surface area contributed by atoms with Crippen molar-refractivity contribution in [1.29, 1.82) is 0 Å². The molecule has 0 N–H and O–H groups in total. The topological polar surface area (TPSA) is 0 Å². The Labute approximate surface area is 334 Å². The van der Waals surface area contributed by atoms with Crippen molar-refractivity contribution in [2.24, 2.45) is 0 Å². The molecule has 1 aliphatic carbocycles. The smallest absolute Gasteiger partial charge is 0.0159 e. The third-order valence-electron chi connectivity index (χ3n) is 12.5. The fraction of sp³-hybridized carbons (Fsp3) is 0.0526. The molecule has 0 unspecified atom stereocenters. The SMILES string of the molecule is CC1(C)c2ccccc2-c2ccc(-c3cccc(-c4c5ccccc5c(-c5cccc(-c6ccc7ccccc7c6-c6ccccc6)c5)c5ccccc45)c3)cc21. The van der Waals surface area contributed by atoms with Crippen LogP contribution in [0.4, 0.5) is 0 Å². The molecular weight excluding hydrogens is 685 g/mol. The standard InChI is InChI=1S/C57H40/c1-57(2)52-29-13-12-24-46(52)47-33-31-40(36-53(47)57)39-19-14-21-42(34-39)55-48-25-8-10-27-50(48)56(51-28-11-9-26-49(51)55)43-22-15-20-41(35-43)45-32-30-37-16-6-7-23-44(37)54(45)38-17-4-3-5-18-38/h3-36H,1-2H3. The van der Waals surface area contributed by atoms with Gasteiger partial charge in [0.15, 0.2) is 0 Å². The Morgan fingerprint density at radius 1 is 0.263 bits per heavy atom. The minimum atomic E-state index is -0.0451. The second kappa shape index (κ2) is 13.0. The predicted octanol–water partition coefficient (Wildman–Crippen LogP) is 15.8. The number of hydrogen-bond donors (Lipinski definition) is 0. The van der Waals surface area contributed by atoms with Crippen molar-refractivity contribution in [2.75, 3.05) is 0 Å². The van der Waals surface area contributed by atoms with E-state index in [1.165, 1.54) is 110 Å². The summed E-state index contributed by atoms with van der Waals surface area (Å²) >= 11 is 0. The molecule has 268 valence electrons. The van der Waals surface area contributed by atoms with E-state index < -0.39 is 0 Å². The van der Waals surface area contributed by atoms with E-state index >= 15 is 0 Å². The quantitative estimate of drug-likeness (QED) is 0.155. The summed E-state index contributed by atoms with van der Waals surface area (Å²) in [5, 5.41) is 7.55. The van der Waals surface area contributed by atoms with Crippen molar-refractivity contribution in [3.63, 3.8) is 0 Å². The van der Waals surface area contributed by atoms with Gasteiger partial charge in [0.1, 0.15) is 0 Å². The van der Waals surface area contributed by atoms with Crippen LogP contribution in [0.3, 0.4) is 0 Å². The number of benzene rings is 10. The summed E-state index contributed by atoms with van der Waals surface area (Å²) in [6, 6.07) is 76.4. The molecule has 0 spiro atoms. The van der Waals surface area contributed by atoms with E-state index in [4.69, 9.17) is 0 Å². The van der Waals surface area contributed by atoms with Crippen molar-refractivity contribution >= 4 is 32.3 Å².